The topological polar surface area (TPSA) is 125 Å². The van der Waals surface area contributed by atoms with E-state index in [1.54, 1.807) is 24.3 Å². The van der Waals surface area contributed by atoms with Gasteiger partial charge in [0.1, 0.15) is 5.75 Å². The molecule has 0 radical (unpaired) electrons. The molecular weight excluding hydrogens is 426 g/mol. The van der Waals surface area contributed by atoms with Crippen LogP contribution in [-0.4, -0.2) is 23.9 Å². The molecule has 0 saturated carbocycles. The standard InChI is InChI=1S/C20H17N3O5S2/c1-28-20-8-3-2-7-19(20)23-30(26,27)18-6-4-5-16(13-18)22-29(24,25)17-11-9-15(14-21)10-12-17/h2-13,22-23H,1H3. The number of ether oxygens (including phenoxy) is 1. The Morgan fingerprint density at radius 1 is 0.800 bits per heavy atom. The van der Waals surface area contributed by atoms with Gasteiger partial charge in [-0.1, -0.05) is 18.2 Å². The monoisotopic (exact) mass is 443 g/mol. The van der Waals surface area contributed by atoms with Gasteiger partial charge in [0.2, 0.25) is 0 Å². The van der Waals surface area contributed by atoms with Crippen molar-refractivity contribution in [1.29, 1.82) is 5.26 Å². The summed E-state index contributed by atoms with van der Waals surface area (Å²) in [4.78, 5) is -0.185. The highest BCUT2D eigenvalue weighted by Gasteiger charge is 2.19. The van der Waals surface area contributed by atoms with Crippen LogP contribution in [0.4, 0.5) is 11.4 Å². The second kappa shape index (κ2) is 8.44. The molecule has 3 rings (SSSR count). The third-order valence-electron chi connectivity index (χ3n) is 4.04. The number of nitriles is 1. The first kappa shape index (κ1) is 21.2. The van der Waals surface area contributed by atoms with Crippen molar-refractivity contribution < 1.29 is 21.6 Å². The molecule has 0 spiro atoms. The van der Waals surface area contributed by atoms with Crippen molar-refractivity contribution in [2.45, 2.75) is 9.79 Å². The van der Waals surface area contributed by atoms with Gasteiger partial charge in [-0.3, -0.25) is 9.44 Å². The summed E-state index contributed by atoms with van der Waals surface area (Å²) in [5.41, 5.74) is 0.648. The molecule has 0 heterocycles. The Hall–Kier alpha value is -3.55. The summed E-state index contributed by atoms with van der Waals surface area (Å²) in [5.74, 6) is 0.346. The van der Waals surface area contributed by atoms with Crippen LogP contribution in [0.2, 0.25) is 0 Å². The molecule has 154 valence electrons. The van der Waals surface area contributed by atoms with Crippen molar-refractivity contribution >= 4 is 31.4 Å². The van der Waals surface area contributed by atoms with Gasteiger partial charge in [0.25, 0.3) is 20.0 Å². The second-order valence-corrected chi connectivity index (χ2v) is 9.44. The molecule has 0 aliphatic carbocycles. The minimum atomic E-state index is -4.00. The van der Waals surface area contributed by atoms with Gasteiger partial charge in [0, 0.05) is 0 Å². The van der Waals surface area contributed by atoms with Gasteiger partial charge in [-0.25, -0.2) is 16.8 Å². The number of hydrogen-bond acceptors (Lipinski definition) is 6. The highest BCUT2D eigenvalue weighted by atomic mass is 32.2. The SMILES string of the molecule is COc1ccccc1NS(=O)(=O)c1cccc(NS(=O)(=O)c2ccc(C#N)cc2)c1. The Bertz CT molecular complexity index is 1310. The maximum absolute atomic E-state index is 12.8. The van der Waals surface area contributed by atoms with E-state index in [-0.39, 0.29) is 21.2 Å². The van der Waals surface area contributed by atoms with Crippen LogP contribution in [0.25, 0.3) is 0 Å². The van der Waals surface area contributed by atoms with E-state index in [9.17, 15) is 16.8 Å². The van der Waals surface area contributed by atoms with E-state index in [0.29, 0.717) is 11.3 Å². The predicted octanol–water partition coefficient (Wildman–Crippen LogP) is 3.17. The number of rotatable bonds is 7. The van der Waals surface area contributed by atoms with Gasteiger partial charge < -0.3 is 4.74 Å². The zero-order chi connectivity index (χ0) is 21.8. The lowest BCUT2D eigenvalue weighted by Crippen LogP contribution is -2.16. The van der Waals surface area contributed by atoms with E-state index in [4.69, 9.17) is 10.00 Å². The maximum atomic E-state index is 12.8. The average Bonchev–Trinajstić information content (AvgIpc) is 2.74. The minimum absolute atomic E-state index is 0.0538. The highest BCUT2D eigenvalue weighted by molar-refractivity contribution is 7.93. The van der Waals surface area contributed by atoms with Crippen molar-refractivity contribution in [1.82, 2.24) is 0 Å². The van der Waals surface area contributed by atoms with Crippen LogP contribution >= 0.6 is 0 Å². The van der Waals surface area contributed by atoms with E-state index in [1.807, 2.05) is 6.07 Å². The molecule has 30 heavy (non-hydrogen) atoms. The molecule has 10 heteroatoms. The minimum Gasteiger partial charge on any atom is -0.495 e. The summed E-state index contributed by atoms with van der Waals surface area (Å²) < 4.78 is 60.5. The van der Waals surface area contributed by atoms with Crippen LogP contribution < -0.4 is 14.2 Å². The number of sulfonamides is 2. The van der Waals surface area contributed by atoms with Gasteiger partial charge in [0.05, 0.1) is 39.9 Å². The maximum Gasteiger partial charge on any atom is 0.262 e. The van der Waals surface area contributed by atoms with Crippen LogP contribution in [0, 0.1) is 11.3 Å². The van der Waals surface area contributed by atoms with Crippen LogP contribution in [0.1, 0.15) is 5.56 Å². The largest absolute Gasteiger partial charge is 0.495 e. The van der Waals surface area contributed by atoms with Crippen molar-refractivity contribution in [2.75, 3.05) is 16.6 Å². The van der Waals surface area contributed by atoms with Crippen LogP contribution in [0.15, 0.2) is 82.6 Å². The fourth-order valence-electron chi connectivity index (χ4n) is 2.58. The summed E-state index contributed by atoms with van der Waals surface area (Å²) in [6.45, 7) is 0. The summed E-state index contributed by atoms with van der Waals surface area (Å²) >= 11 is 0. The Balaban J connectivity index is 1.87. The van der Waals surface area contributed by atoms with E-state index in [2.05, 4.69) is 9.44 Å². The lowest BCUT2D eigenvalue weighted by molar-refractivity contribution is 0.417. The Kier molecular flexibility index (Phi) is 5.96. The average molecular weight is 444 g/mol. The smallest absolute Gasteiger partial charge is 0.262 e. The summed E-state index contributed by atoms with van der Waals surface area (Å²) in [7, 11) is -6.54. The number of hydrogen-bond donors (Lipinski definition) is 2. The number of nitrogens with zero attached hydrogens (tertiary/aromatic N) is 1. The molecule has 8 nitrogen and oxygen atoms in total. The lowest BCUT2D eigenvalue weighted by atomic mass is 10.2. The number of nitrogens with one attached hydrogen (secondary N) is 2. The Morgan fingerprint density at radius 2 is 1.47 bits per heavy atom. The summed E-state index contributed by atoms with van der Waals surface area (Å²) in [6.07, 6.45) is 0. The molecule has 0 aromatic heterocycles. The number of benzene rings is 3. The number of anilines is 2. The third kappa shape index (κ3) is 4.71. The molecule has 3 aromatic carbocycles. The molecule has 0 aliphatic rings. The Labute approximate surface area is 174 Å². The zero-order valence-electron chi connectivity index (χ0n) is 15.7. The van der Waals surface area contributed by atoms with Crippen molar-refractivity contribution in [2.24, 2.45) is 0 Å². The molecule has 0 unspecified atom stereocenters. The number of methoxy groups -OCH3 is 1. The van der Waals surface area contributed by atoms with Crippen molar-refractivity contribution in [3.8, 4) is 11.8 Å². The first-order valence-corrected chi connectivity index (χ1v) is 11.5. The summed E-state index contributed by atoms with van der Waals surface area (Å²) in [6, 6.07) is 19.2. The van der Waals surface area contributed by atoms with E-state index in [1.165, 1.54) is 55.6 Å². The van der Waals surface area contributed by atoms with Crippen molar-refractivity contribution in [3.63, 3.8) is 0 Å². The lowest BCUT2D eigenvalue weighted by Gasteiger charge is -2.13. The van der Waals surface area contributed by atoms with Gasteiger partial charge in [-0.15, -0.1) is 0 Å². The van der Waals surface area contributed by atoms with Crippen molar-refractivity contribution in [3.05, 3.63) is 78.4 Å². The summed E-state index contributed by atoms with van der Waals surface area (Å²) in [5, 5.41) is 8.83. The second-order valence-electron chi connectivity index (χ2n) is 6.08. The first-order chi connectivity index (χ1) is 14.2. The molecule has 0 amide bonds. The van der Waals surface area contributed by atoms with E-state index < -0.39 is 20.0 Å². The first-order valence-electron chi connectivity index (χ1n) is 8.54. The van der Waals surface area contributed by atoms with E-state index in [0.717, 1.165) is 0 Å². The van der Waals surface area contributed by atoms with Gasteiger partial charge >= 0.3 is 0 Å². The number of para-hydroxylation sites is 2. The van der Waals surface area contributed by atoms with Crippen LogP contribution in [-0.2, 0) is 20.0 Å². The zero-order valence-corrected chi connectivity index (χ0v) is 17.4. The van der Waals surface area contributed by atoms with Gasteiger partial charge in [-0.2, -0.15) is 5.26 Å². The van der Waals surface area contributed by atoms with Gasteiger partial charge in [-0.05, 0) is 54.6 Å². The molecule has 0 fully saturated rings. The Morgan fingerprint density at radius 3 is 2.13 bits per heavy atom. The molecule has 2 N–H and O–H groups in total. The fourth-order valence-corrected chi connectivity index (χ4v) is 4.75. The van der Waals surface area contributed by atoms with Gasteiger partial charge in [0.15, 0.2) is 0 Å². The molecular formula is C20H17N3O5S2. The fraction of sp³-hybridized carbons (Fsp3) is 0.0500. The molecule has 3 aromatic rings. The molecule has 0 saturated heterocycles. The third-order valence-corrected chi connectivity index (χ3v) is 6.80. The normalized spacial score (nSPS) is 11.3. The van der Waals surface area contributed by atoms with Crippen LogP contribution in [0.5, 0.6) is 5.75 Å². The van der Waals surface area contributed by atoms with E-state index >= 15 is 0 Å². The predicted molar refractivity (Wildman–Crippen MR) is 112 cm³/mol. The molecule has 0 aliphatic heterocycles. The molecule has 0 atom stereocenters. The quantitative estimate of drug-likeness (QED) is 0.578. The highest BCUT2D eigenvalue weighted by Crippen LogP contribution is 2.27. The molecule has 0 bridgehead atoms. The van der Waals surface area contributed by atoms with Crippen LogP contribution in [0.3, 0.4) is 0 Å².